The molecule has 3 nitrogen and oxygen atoms in total. The Morgan fingerprint density at radius 2 is 2.00 bits per heavy atom. The Morgan fingerprint density at radius 3 is 2.62 bits per heavy atom. The van der Waals surface area contributed by atoms with E-state index < -0.39 is 17.5 Å². The lowest BCUT2D eigenvalue weighted by atomic mass is 10.3. The molecule has 0 atom stereocenters. The van der Waals surface area contributed by atoms with Gasteiger partial charge in [0.25, 0.3) is 0 Å². The number of rotatable bonds is 2. The number of anilines is 1. The van der Waals surface area contributed by atoms with Gasteiger partial charge in [-0.3, -0.25) is 0 Å². The fourth-order valence-electron chi connectivity index (χ4n) is 1.22. The molecule has 1 aliphatic carbocycles. The highest BCUT2D eigenvalue weighted by Gasteiger charge is 2.21. The van der Waals surface area contributed by atoms with Gasteiger partial charge in [-0.15, -0.1) is 0 Å². The van der Waals surface area contributed by atoms with E-state index in [4.69, 9.17) is 5.73 Å². The molecule has 1 aromatic rings. The van der Waals surface area contributed by atoms with Crippen molar-refractivity contribution < 1.29 is 13.2 Å². The molecule has 16 heavy (non-hydrogen) atoms. The van der Waals surface area contributed by atoms with E-state index in [9.17, 15) is 13.2 Å². The van der Waals surface area contributed by atoms with Crippen LogP contribution in [0, 0.1) is 17.5 Å². The molecule has 0 amide bonds. The third kappa shape index (κ3) is 2.44. The molecule has 86 valence electrons. The lowest BCUT2D eigenvalue weighted by Crippen LogP contribution is -2.24. The Labute approximate surface area is 90.2 Å². The molecule has 0 saturated heterocycles. The summed E-state index contributed by atoms with van der Waals surface area (Å²) in [6, 6.07) is 1.44. The molecular weight excluding hydrogens is 219 g/mol. The van der Waals surface area contributed by atoms with E-state index in [2.05, 4.69) is 10.3 Å². The Morgan fingerprint density at radius 1 is 1.31 bits per heavy atom. The number of benzene rings is 1. The van der Waals surface area contributed by atoms with Gasteiger partial charge in [0, 0.05) is 12.1 Å². The maximum absolute atomic E-state index is 13.2. The van der Waals surface area contributed by atoms with Gasteiger partial charge in [0.1, 0.15) is 5.82 Å². The maximum Gasteiger partial charge on any atom is 0.193 e. The molecule has 2 rings (SSSR count). The van der Waals surface area contributed by atoms with Crippen LogP contribution in [0.2, 0.25) is 0 Å². The first-order valence-corrected chi connectivity index (χ1v) is 4.81. The lowest BCUT2D eigenvalue weighted by Gasteiger charge is -2.07. The number of halogens is 3. The van der Waals surface area contributed by atoms with E-state index in [0.29, 0.717) is 6.07 Å². The minimum absolute atomic E-state index is 0.0357. The molecule has 0 bridgehead atoms. The van der Waals surface area contributed by atoms with Crippen molar-refractivity contribution >= 4 is 11.6 Å². The van der Waals surface area contributed by atoms with E-state index in [0.717, 1.165) is 18.9 Å². The quantitative estimate of drug-likeness (QED) is 0.463. The van der Waals surface area contributed by atoms with Crippen molar-refractivity contribution in [2.45, 2.75) is 18.9 Å². The fourth-order valence-corrected chi connectivity index (χ4v) is 1.22. The molecular formula is C10H10F3N3. The normalized spacial score (nSPS) is 16.3. The van der Waals surface area contributed by atoms with Crippen LogP contribution in [-0.2, 0) is 0 Å². The number of hydrogen-bond acceptors (Lipinski definition) is 1. The van der Waals surface area contributed by atoms with Crippen molar-refractivity contribution in [2.24, 2.45) is 10.7 Å². The van der Waals surface area contributed by atoms with E-state index in [1.54, 1.807) is 0 Å². The molecule has 0 aromatic heterocycles. The summed E-state index contributed by atoms with van der Waals surface area (Å²) in [7, 11) is 0. The van der Waals surface area contributed by atoms with Crippen molar-refractivity contribution in [1.29, 1.82) is 0 Å². The van der Waals surface area contributed by atoms with Gasteiger partial charge in [0.15, 0.2) is 17.6 Å². The fraction of sp³-hybridized carbons (Fsp3) is 0.300. The topological polar surface area (TPSA) is 50.4 Å². The second kappa shape index (κ2) is 4.03. The van der Waals surface area contributed by atoms with Crippen LogP contribution in [0.5, 0.6) is 0 Å². The second-order valence-electron chi connectivity index (χ2n) is 3.62. The standard InChI is InChI=1S/C10H10F3N3/c11-5-3-7(12)9(13)8(4-5)16-10(14)15-6-1-2-6/h3-4,6H,1-2H2,(H3,14,15,16). The number of aliphatic imine (C=N–C) groups is 1. The summed E-state index contributed by atoms with van der Waals surface area (Å²) in [6.07, 6.45) is 1.87. The Kier molecular flexibility index (Phi) is 2.72. The summed E-state index contributed by atoms with van der Waals surface area (Å²) in [5.41, 5.74) is 5.10. The molecule has 0 aliphatic heterocycles. The highest BCUT2D eigenvalue weighted by molar-refractivity contribution is 5.92. The Hall–Kier alpha value is -1.72. The first-order valence-electron chi connectivity index (χ1n) is 4.81. The molecule has 0 heterocycles. The van der Waals surface area contributed by atoms with Crippen molar-refractivity contribution in [2.75, 3.05) is 5.32 Å². The van der Waals surface area contributed by atoms with E-state index >= 15 is 0 Å². The molecule has 0 radical (unpaired) electrons. The minimum Gasteiger partial charge on any atom is -0.370 e. The zero-order valence-electron chi connectivity index (χ0n) is 8.30. The highest BCUT2D eigenvalue weighted by atomic mass is 19.2. The van der Waals surface area contributed by atoms with Crippen molar-refractivity contribution in [3.8, 4) is 0 Å². The molecule has 3 N–H and O–H groups in total. The van der Waals surface area contributed by atoms with Gasteiger partial charge in [0.2, 0.25) is 0 Å². The molecule has 0 spiro atoms. The summed E-state index contributed by atoms with van der Waals surface area (Å²) in [5, 5.41) is 2.34. The molecule has 1 aliphatic rings. The summed E-state index contributed by atoms with van der Waals surface area (Å²) >= 11 is 0. The summed E-state index contributed by atoms with van der Waals surface area (Å²) in [5.74, 6) is -3.34. The SMILES string of the molecule is NC(=NC1CC1)Nc1cc(F)cc(F)c1F. The van der Waals surface area contributed by atoms with Crippen molar-refractivity contribution in [3.05, 3.63) is 29.6 Å². The lowest BCUT2D eigenvalue weighted by molar-refractivity contribution is 0.498. The average Bonchev–Trinajstić information content (AvgIpc) is 2.97. The second-order valence-corrected chi connectivity index (χ2v) is 3.62. The van der Waals surface area contributed by atoms with E-state index in [1.807, 2.05) is 0 Å². The summed E-state index contributed by atoms with van der Waals surface area (Å²) in [4.78, 5) is 3.96. The van der Waals surface area contributed by atoms with Gasteiger partial charge < -0.3 is 11.1 Å². The van der Waals surface area contributed by atoms with E-state index in [-0.39, 0.29) is 17.7 Å². The zero-order valence-corrected chi connectivity index (χ0v) is 8.30. The van der Waals surface area contributed by atoms with Gasteiger partial charge in [-0.25, -0.2) is 18.2 Å². The number of nitrogens with two attached hydrogens (primary N) is 1. The predicted molar refractivity (Wildman–Crippen MR) is 54.6 cm³/mol. The molecule has 6 heteroatoms. The minimum atomic E-state index is -1.26. The maximum atomic E-state index is 13.2. The van der Waals surface area contributed by atoms with Gasteiger partial charge in [-0.2, -0.15) is 0 Å². The number of hydrogen-bond donors (Lipinski definition) is 2. The van der Waals surface area contributed by atoms with Gasteiger partial charge in [0.05, 0.1) is 11.7 Å². The third-order valence-electron chi connectivity index (χ3n) is 2.12. The zero-order chi connectivity index (χ0) is 11.7. The largest absolute Gasteiger partial charge is 0.370 e. The third-order valence-corrected chi connectivity index (χ3v) is 2.12. The van der Waals surface area contributed by atoms with Crippen LogP contribution in [0.25, 0.3) is 0 Å². The highest BCUT2D eigenvalue weighted by Crippen LogP contribution is 2.24. The van der Waals surface area contributed by atoms with Crippen LogP contribution in [-0.4, -0.2) is 12.0 Å². The average molecular weight is 229 g/mol. The van der Waals surface area contributed by atoms with Crippen LogP contribution >= 0.6 is 0 Å². The number of nitrogens with zero attached hydrogens (tertiary/aromatic N) is 1. The van der Waals surface area contributed by atoms with Crippen LogP contribution in [0.4, 0.5) is 18.9 Å². The molecule has 1 saturated carbocycles. The monoisotopic (exact) mass is 229 g/mol. The Bertz CT molecular complexity index is 441. The van der Waals surface area contributed by atoms with Crippen LogP contribution in [0.3, 0.4) is 0 Å². The van der Waals surface area contributed by atoms with Gasteiger partial charge in [-0.1, -0.05) is 0 Å². The smallest absolute Gasteiger partial charge is 0.193 e. The van der Waals surface area contributed by atoms with Crippen molar-refractivity contribution in [3.63, 3.8) is 0 Å². The molecule has 1 fully saturated rings. The Balaban J connectivity index is 2.19. The summed E-state index contributed by atoms with van der Waals surface area (Å²) < 4.78 is 38.8. The molecule has 1 aromatic carbocycles. The summed E-state index contributed by atoms with van der Waals surface area (Å²) in [6.45, 7) is 0. The van der Waals surface area contributed by atoms with Gasteiger partial charge in [-0.05, 0) is 12.8 Å². The number of nitrogens with one attached hydrogen (secondary N) is 1. The predicted octanol–water partition coefficient (Wildman–Crippen LogP) is 1.99. The molecule has 0 unspecified atom stereocenters. The number of guanidine groups is 1. The first-order chi connectivity index (χ1) is 7.56. The van der Waals surface area contributed by atoms with Crippen LogP contribution < -0.4 is 11.1 Å². The van der Waals surface area contributed by atoms with Gasteiger partial charge >= 0.3 is 0 Å². The van der Waals surface area contributed by atoms with E-state index in [1.165, 1.54) is 0 Å². The van der Waals surface area contributed by atoms with Crippen LogP contribution in [0.15, 0.2) is 17.1 Å². The first kappa shape index (κ1) is 10.8. The van der Waals surface area contributed by atoms with Crippen molar-refractivity contribution in [1.82, 2.24) is 0 Å². The van der Waals surface area contributed by atoms with Crippen LogP contribution in [0.1, 0.15) is 12.8 Å².